The van der Waals surface area contributed by atoms with Gasteiger partial charge in [0.15, 0.2) is 5.17 Å². The second-order valence-corrected chi connectivity index (χ2v) is 12.2. The number of carboxylic acids is 1. The summed E-state index contributed by atoms with van der Waals surface area (Å²) < 4.78 is 0. The van der Waals surface area contributed by atoms with Gasteiger partial charge in [-0.1, -0.05) is 121 Å². The van der Waals surface area contributed by atoms with Crippen molar-refractivity contribution in [3.8, 4) is 11.3 Å². The van der Waals surface area contributed by atoms with Crippen molar-refractivity contribution in [2.45, 2.75) is 5.25 Å². The van der Waals surface area contributed by atoms with E-state index < -0.39 is 11.2 Å². The number of nitrogens with zero attached hydrogens (tertiary/aromatic N) is 3. The number of amides is 2. The fourth-order valence-corrected chi connectivity index (χ4v) is 6.64. The minimum atomic E-state index is -1.03. The van der Waals surface area contributed by atoms with E-state index in [9.17, 15) is 19.5 Å². The van der Waals surface area contributed by atoms with E-state index in [4.69, 9.17) is 4.99 Å². The first kappa shape index (κ1) is 31.3. The van der Waals surface area contributed by atoms with Gasteiger partial charge in [0, 0.05) is 16.6 Å². The van der Waals surface area contributed by atoms with E-state index in [0.29, 0.717) is 38.7 Å². The molecule has 49 heavy (non-hydrogen) atoms. The van der Waals surface area contributed by atoms with Crippen LogP contribution in [0.3, 0.4) is 0 Å². The predicted molar refractivity (Wildman–Crippen MR) is 195 cm³/mol. The van der Waals surface area contributed by atoms with Crippen molar-refractivity contribution in [3.63, 3.8) is 0 Å². The van der Waals surface area contributed by atoms with Crippen LogP contribution in [0.5, 0.6) is 0 Å². The summed E-state index contributed by atoms with van der Waals surface area (Å²) in [6.45, 7) is 0. The number of para-hydroxylation sites is 2. The number of anilines is 2. The lowest BCUT2D eigenvalue weighted by Gasteiger charge is -2.22. The average Bonchev–Trinajstić information content (AvgIpc) is 3.44. The second kappa shape index (κ2) is 13.8. The third-order valence-electron chi connectivity index (χ3n) is 7.91. The maximum Gasteiger partial charge on any atom is 0.336 e. The summed E-state index contributed by atoms with van der Waals surface area (Å²) in [5, 5.41) is 13.0. The SMILES string of the molecule is O=C(O)c1cc(-c2ccc(NC(=O)C(SC3=N/C(=C\c4ccccc4)C(=O)N3c3ccccc3)c3ccccc3)cc2)nc2ccccc12. The Morgan fingerprint density at radius 2 is 1.41 bits per heavy atom. The Hall–Kier alpha value is -6.32. The van der Waals surface area contributed by atoms with Crippen molar-refractivity contribution in [1.29, 1.82) is 0 Å². The maximum absolute atomic E-state index is 14.0. The molecule has 1 atom stereocenters. The molecule has 7 rings (SSSR count). The van der Waals surface area contributed by atoms with Crippen molar-refractivity contribution in [3.05, 3.63) is 168 Å². The Morgan fingerprint density at radius 3 is 2.10 bits per heavy atom. The topological polar surface area (TPSA) is 112 Å². The number of aromatic carboxylic acids is 1. The predicted octanol–water partition coefficient (Wildman–Crippen LogP) is 8.46. The van der Waals surface area contributed by atoms with Crippen molar-refractivity contribution in [2.24, 2.45) is 4.99 Å². The number of carbonyl (C=O) groups excluding carboxylic acids is 2. The Kier molecular flexibility index (Phi) is 8.82. The smallest absolute Gasteiger partial charge is 0.336 e. The van der Waals surface area contributed by atoms with Crippen LogP contribution in [0.4, 0.5) is 11.4 Å². The molecule has 2 N–H and O–H groups in total. The summed E-state index contributed by atoms with van der Waals surface area (Å²) in [6.07, 6.45) is 1.74. The summed E-state index contributed by atoms with van der Waals surface area (Å²) in [7, 11) is 0. The number of rotatable bonds is 8. The summed E-state index contributed by atoms with van der Waals surface area (Å²) in [5.74, 6) is -1.62. The normalized spacial score (nSPS) is 14.1. The molecule has 8 nitrogen and oxygen atoms in total. The minimum Gasteiger partial charge on any atom is -0.478 e. The fourth-order valence-electron chi connectivity index (χ4n) is 5.53. The Bertz CT molecular complexity index is 2240. The minimum absolute atomic E-state index is 0.167. The lowest BCUT2D eigenvalue weighted by molar-refractivity contribution is -0.116. The van der Waals surface area contributed by atoms with E-state index >= 15 is 0 Å². The molecule has 2 amide bonds. The molecule has 0 aliphatic carbocycles. The number of aliphatic imine (C=N–C) groups is 1. The van der Waals surface area contributed by atoms with Gasteiger partial charge in [0.05, 0.1) is 22.5 Å². The summed E-state index contributed by atoms with van der Waals surface area (Å²) in [4.78, 5) is 50.8. The van der Waals surface area contributed by atoms with Gasteiger partial charge < -0.3 is 10.4 Å². The van der Waals surface area contributed by atoms with Gasteiger partial charge in [0.25, 0.3) is 5.91 Å². The number of thioether (sulfide) groups is 1. The van der Waals surface area contributed by atoms with Crippen LogP contribution >= 0.6 is 11.8 Å². The highest BCUT2D eigenvalue weighted by molar-refractivity contribution is 8.15. The molecular weight excluding hydrogens is 633 g/mol. The molecule has 238 valence electrons. The van der Waals surface area contributed by atoms with Crippen LogP contribution in [0, 0.1) is 0 Å². The molecule has 0 radical (unpaired) electrons. The number of hydrogen-bond acceptors (Lipinski definition) is 6. The van der Waals surface area contributed by atoms with Crippen molar-refractivity contribution in [2.75, 3.05) is 10.2 Å². The largest absolute Gasteiger partial charge is 0.478 e. The molecule has 1 unspecified atom stereocenters. The number of benzene rings is 5. The summed E-state index contributed by atoms with van der Waals surface area (Å²) >= 11 is 1.20. The van der Waals surface area contributed by atoms with Crippen LogP contribution in [0.15, 0.2) is 156 Å². The van der Waals surface area contributed by atoms with Crippen LogP contribution in [0.25, 0.3) is 28.2 Å². The molecule has 1 aliphatic heterocycles. The third-order valence-corrected chi connectivity index (χ3v) is 9.11. The molecule has 0 spiro atoms. The highest BCUT2D eigenvalue weighted by Gasteiger charge is 2.36. The molecular formula is C40H28N4O4S. The van der Waals surface area contributed by atoms with E-state index in [2.05, 4.69) is 10.3 Å². The first-order valence-electron chi connectivity index (χ1n) is 15.5. The highest BCUT2D eigenvalue weighted by Crippen LogP contribution is 2.38. The second-order valence-electron chi connectivity index (χ2n) is 11.2. The van der Waals surface area contributed by atoms with E-state index in [1.54, 1.807) is 59.5 Å². The quantitative estimate of drug-likeness (QED) is 0.159. The number of carboxylic acid groups (broad SMARTS) is 1. The summed E-state index contributed by atoms with van der Waals surface area (Å²) in [6, 6.07) is 43.9. The zero-order valence-electron chi connectivity index (χ0n) is 25.9. The van der Waals surface area contributed by atoms with Crippen LogP contribution < -0.4 is 10.2 Å². The Morgan fingerprint density at radius 1 is 0.776 bits per heavy atom. The number of aromatic nitrogens is 1. The number of pyridine rings is 1. The highest BCUT2D eigenvalue weighted by atomic mass is 32.2. The number of nitrogens with one attached hydrogen (secondary N) is 1. The molecule has 0 bridgehead atoms. The lowest BCUT2D eigenvalue weighted by Crippen LogP contribution is -2.32. The van der Waals surface area contributed by atoms with Gasteiger partial charge in [-0.2, -0.15) is 0 Å². The lowest BCUT2D eigenvalue weighted by atomic mass is 10.0. The monoisotopic (exact) mass is 660 g/mol. The van der Waals surface area contributed by atoms with Gasteiger partial charge in [-0.05, 0) is 53.6 Å². The number of fused-ring (bicyclic) bond motifs is 1. The third kappa shape index (κ3) is 6.74. The van der Waals surface area contributed by atoms with Crippen molar-refractivity contribution >= 4 is 63.1 Å². The van der Waals surface area contributed by atoms with Crippen molar-refractivity contribution < 1.29 is 19.5 Å². The zero-order valence-corrected chi connectivity index (χ0v) is 26.7. The molecule has 1 aromatic heterocycles. The van der Waals surface area contributed by atoms with Gasteiger partial charge in [-0.25, -0.2) is 14.8 Å². The molecule has 2 heterocycles. The van der Waals surface area contributed by atoms with Gasteiger partial charge in [-0.15, -0.1) is 0 Å². The maximum atomic E-state index is 14.0. The van der Waals surface area contributed by atoms with Crippen molar-refractivity contribution in [1.82, 2.24) is 4.98 Å². The van der Waals surface area contributed by atoms with Crippen LogP contribution in [-0.2, 0) is 9.59 Å². The fraction of sp³-hybridized carbons (Fsp3) is 0.0250. The molecule has 0 saturated carbocycles. The standard InChI is InChI=1S/C40H28N4O4S/c45-37(41-29-22-20-27(21-23-29)34-25-32(39(47)48)31-18-10-11-19-33(31)42-34)36(28-14-6-2-7-15-28)49-40-43-35(24-26-12-4-1-5-13-26)38(46)44(40)30-16-8-3-9-17-30/h1-25,36H,(H,41,45)(H,47,48)/b35-24-. The van der Waals surface area contributed by atoms with E-state index in [1.165, 1.54) is 11.8 Å². The molecule has 9 heteroatoms. The van der Waals surface area contributed by atoms with Gasteiger partial charge >= 0.3 is 5.97 Å². The number of carbonyl (C=O) groups is 3. The summed E-state index contributed by atoms with van der Waals surface area (Å²) in [5.41, 5.74) is 5.01. The van der Waals surface area contributed by atoms with Gasteiger partial charge in [0.2, 0.25) is 5.91 Å². The van der Waals surface area contributed by atoms with Crippen LogP contribution in [0.2, 0.25) is 0 Å². The Balaban J connectivity index is 1.19. The molecule has 5 aromatic carbocycles. The average molecular weight is 661 g/mol. The first-order valence-corrected chi connectivity index (χ1v) is 16.3. The molecule has 0 fully saturated rings. The molecule has 6 aromatic rings. The van der Waals surface area contributed by atoms with Gasteiger partial charge in [0.1, 0.15) is 10.9 Å². The van der Waals surface area contributed by atoms with Gasteiger partial charge in [-0.3, -0.25) is 14.5 Å². The number of hydrogen-bond donors (Lipinski definition) is 2. The molecule has 1 aliphatic rings. The van der Waals surface area contributed by atoms with Crippen LogP contribution in [-0.4, -0.2) is 33.0 Å². The number of amidine groups is 1. The Labute approximate surface area is 286 Å². The van der Waals surface area contributed by atoms with E-state index in [1.807, 2.05) is 97.1 Å². The van der Waals surface area contributed by atoms with E-state index in [-0.39, 0.29) is 23.1 Å². The first-order chi connectivity index (χ1) is 23.9. The van der Waals surface area contributed by atoms with E-state index in [0.717, 1.165) is 11.1 Å². The zero-order chi connectivity index (χ0) is 33.7. The molecule has 0 saturated heterocycles. The van der Waals surface area contributed by atoms with Crippen LogP contribution in [0.1, 0.15) is 26.7 Å².